The number of aromatic amines is 1. The molecule has 3 heterocycles. The van der Waals surface area contributed by atoms with Crippen LogP contribution >= 0.6 is 0 Å². The molecule has 4 aromatic rings. The SMILES string of the molecule is O=C(c1cc(C(F)(F)F)cc(C(F)(F)F)c1)N1CCN(CC/C(=N/OCCN2CCOCC2)c2ccccc2)C[C@H]1Cc1c[nH]c2ccccc12. The van der Waals surface area contributed by atoms with E-state index in [1.54, 1.807) is 0 Å². The summed E-state index contributed by atoms with van der Waals surface area (Å²) >= 11 is 0. The van der Waals surface area contributed by atoms with Gasteiger partial charge in [-0.2, -0.15) is 26.3 Å². The molecule has 1 N–H and O–H groups in total. The second-order valence-corrected chi connectivity index (χ2v) is 12.8. The van der Waals surface area contributed by atoms with E-state index >= 15 is 0 Å². The number of oxime groups is 1. The number of fused-ring (bicyclic) bond motifs is 1. The van der Waals surface area contributed by atoms with Gasteiger partial charge < -0.3 is 19.5 Å². The van der Waals surface area contributed by atoms with E-state index in [1.807, 2.05) is 60.8 Å². The van der Waals surface area contributed by atoms with Crippen molar-refractivity contribution >= 4 is 22.5 Å². The van der Waals surface area contributed by atoms with Crippen molar-refractivity contribution in [3.63, 3.8) is 0 Å². The molecule has 8 nitrogen and oxygen atoms in total. The number of hydrogen-bond donors (Lipinski definition) is 1. The second-order valence-electron chi connectivity index (χ2n) is 12.8. The number of hydrogen-bond acceptors (Lipinski definition) is 6. The number of para-hydroxylation sites is 1. The number of piperazine rings is 1. The summed E-state index contributed by atoms with van der Waals surface area (Å²) in [5.41, 5.74) is -0.286. The van der Waals surface area contributed by atoms with E-state index in [9.17, 15) is 31.1 Å². The van der Waals surface area contributed by atoms with Crippen molar-refractivity contribution < 1.29 is 40.7 Å². The van der Waals surface area contributed by atoms with E-state index in [-0.39, 0.29) is 12.6 Å². The largest absolute Gasteiger partial charge is 0.416 e. The van der Waals surface area contributed by atoms with Crippen LogP contribution in [0.1, 0.15) is 39.0 Å². The first kappa shape index (κ1) is 36.4. The van der Waals surface area contributed by atoms with Crippen molar-refractivity contribution in [2.75, 3.05) is 65.6 Å². The maximum absolute atomic E-state index is 13.9. The topological polar surface area (TPSA) is 73.4 Å². The average Bonchev–Trinajstić information content (AvgIpc) is 3.53. The number of carbonyl (C=O) groups is 1. The summed E-state index contributed by atoms with van der Waals surface area (Å²) in [6.45, 7) is 5.53. The van der Waals surface area contributed by atoms with Gasteiger partial charge in [0.05, 0.1) is 30.1 Å². The van der Waals surface area contributed by atoms with E-state index < -0.39 is 41.0 Å². The normalized spacial score (nSPS) is 18.4. The number of nitrogens with one attached hydrogen (secondary N) is 1. The Kier molecular flexibility index (Phi) is 11.3. The van der Waals surface area contributed by atoms with E-state index in [0.29, 0.717) is 64.4 Å². The zero-order chi connectivity index (χ0) is 36.0. The number of ether oxygens (including phenoxy) is 1. The Bertz CT molecular complexity index is 1770. The van der Waals surface area contributed by atoms with Crippen molar-refractivity contribution in [1.82, 2.24) is 19.7 Å². The number of amides is 1. The number of rotatable bonds is 11. The lowest BCUT2D eigenvalue weighted by Gasteiger charge is -2.42. The van der Waals surface area contributed by atoms with Crippen molar-refractivity contribution in [2.45, 2.75) is 31.2 Å². The van der Waals surface area contributed by atoms with Gasteiger partial charge in [-0.3, -0.25) is 14.6 Å². The Morgan fingerprint density at radius 3 is 2.22 bits per heavy atom. The minimum absolute atomic E-state index is 0.0381. The molecule has 0 saturated carbocycles. The van der Waals surface area contributed by atoms with Gasteiger partial charge in [0.1, 0.15) is 6.61 Å². The third-order valence-electron chi connectivity index (χ3n) is 9.34. The summed E-state index contributed by atoms with van der Waals surface area (Å²) in [6.07, 6.45) is -7.46. The Hall–Kier alpha value is -4.40. The highest BCUT2D eigenvalue weighted by Gasteiger charge is 2.39. The van der Waals surface area contributed by atoms with Crippen molar-refractivity contribution in [2.24, 2.45) is 5.16 Å². The Morgan fingerprint density at radius 1 is 0.824 bits per heavy atom. The highest BCUT2D eigenvalue weighted by Crippen LogP contribution is 2.37. The molecule has 272 valence electrons. The van der Waals surface area contributed by atoms with Gasteiger partial charge in [0.25, 0.3) is 5.91 Å². The molecule has 2 aliphatic rings. The predicted molar refractivity (Wildman–Crippen MR) is 181 cm³/mol. The van der Waals surface area contributed by atoms with E-state index in [1.165, 1.54) is 4.90 Å². The Balaban J connectivity index is 1.22. The number of carbonyl (C=O) groups excluding carboxylic acids is 1. The Labute approximate surface area is 291 Å². The fourth-order valence-electron chi connectivity index (χ4n) is 6.62. The van der Waals surface area contributed by atoms with Gasteiger partial charge >= 0.3 is 12.4 Å². The summed E-state index contributed by atoms with van der Waals surface area (Å²) in [5.74, 6) is -0.878. The van der Waals surface area contributed by atoms with Crippen LogP contribution in [0.4, 0.5) is 26.3 Å². The number of H-pyrrole nitrogens is 1. The molecule has 0 bridgehead atoms. The van der Waals surface area contributed by atoms with Gasteiger partial charge in [-0.25, -0.2) is 0 Å². The fourth-order valence-corrected chi connectivity index (χ4v) is 6.62. The van der Waals surface area contributed by atoms with Crippen LogP contribution in [0.25, 0.3) is 10.9 Å². The summed E-state index contributed by atoms with van der Waals surface area (Å²) in [5, 5.41) is 5.42. The molecule has 3 aromatic carbocycles. The lowest BCUT2D eigenvalue weighted by Crippen LogP contribution is -2.56. The first-order valence-electron chi connectivity index (χ1n) is 16.9. The molecule has 0 unspecified atom stereocenters. The minimum atomic E-state index is -5.07. The van der Waals surface area contributed by atoms with Crippen LogP contribution in [-0.2, 0) is 28.3 Å². The molecule has 0 radical (unpaired) electrons. The summed E-state index contributed by atoms with van der Waals surface area (Å²) in [4.78, 5) is 28.7. The molecule has 0 spiro atoms. The molecule has 2 saturated heterocycles. The van der Waals surface area contributed by atoms with E-state index in [0.717, 1.165) is 47.4 Å². The average molecular weight is 716 g/mol. The van der Waals surface area contributed by atoms with Crippen LogP contribution in [-0.4, -0.2) is 103 Å². The van der Waals surface area contributed by atoms with Gasteiger partial charge in [0, 0.05) is 80.9 Å². The first-order chi connectivity index (χ1) is 24.5. The maximum atomic E-state index is 13.9. The standard InChI is InChI=1S/C37H39F6N5O3/c38-36(39,40)29-20-27(21-30(23-29)37(41,42)43)35(49)48-13-12-47(25-31(48)22-28-24-44-34-9-5-4-8-32(28)34)11-10-33(26-6-2-1-3-7-26)45-51-19-16-46-14-17-50-18-15-46/h1-9,20-21,23-24,31,44H,10-19,22,25H2/b45-33-/t31-/m1/s1. The van der Waals surface area contributed by atoms with Crippen LogP contribution in [0.2, 0.25) is 0 Å². The summed E-state index contributed by atoms with van der Waals surface area (Å²) in [6, 6.07) is 17.7. The molecule has 0 aliphatic carbocycles. The van der Waals surface area contributed by atoms with Gasteiger partial charge in [0.15, 0.2) is 0 Å². The van der Waals surface area contributed by atoms with E-state index in [2.05, 4.69) is 19.9 Å². The maximum Gasteiger partial charge on any atom is 0.416 e. The molecule has 14 heteroatoms. The van der Waals surface area contributed by atoms with Crippen LogP contribution in [0.3, 0.4) is 0 Å². The van der Waals surface area contributed by atoms with E-state index in [4.69, 9.17) is 9.57 Å². The number of aromatic nitrogens is 1. The van der Waals surface area contributed by atoms with Gasteiger partial charge in [0.2, 0.25) is 0 Å². The highest BCUT2D eigenvalue weighted by molar-refractivity contribution is 6.00. The van der Waals surface area contributed by atoms with Crippen LogP contribution in [0.15, 0.2) is 84.1 Å². The fraction of sp³-hybridized carbons (Fsp3) is 0.405. The molecule has 2 fully saturated rings. The number of alkyl halides is 6. The molecule has 1 aromatic heterocycles. The van der Waals surface area contributed by atoms with Crippen molar-refractivity contribution in [3.8, 4) is 0 Å². The molecular formula is C37H39F6N5O3. The molecule has 2 aliphatic heterocycles. The third-order valence-corrected chi connectivity index (χ3v) is 9.34. The van der Waals surface area contributed by atoms with Gasteiger partial charge in [-0.15, -0.1) is 0 Å². The molecule has 6 rings (SSSR count). The zero-order valence-electron chi connectivity index (χ0n) is 27.8. The highest BCUT2D eigenvalue weighted by atomic mass is 19.4. The molecular weight excluding hydrogens is 676 g/mol. The number of nitrogens with zero attached hydrogens (tertiary/aromatic N) is 4. The quantitative estimate of drug-likeness (QED) is 0.0809. The molecule has 51 heavy (non-hydrogen) atoms. The molecule has 1 amide bonds. The lowest BCUT2D eigenvalue weighted by molar-refractivity contribution is -0.143. The van der Waals surface area contributed by atoms with Crippen LogP contribution in [0.5, 0.6) is 0 Å². The zero-order valence-corrected chi connectivity index (χ0v) is 27.8. The Morgan fingerprint density at radius 2 is 1.51 bits per heavy atom. The van der Waals surface area contributed by atoms with Crippen molar-refractivity contribution in [1.29, 1.82) is 0 Å². The van der Waals surface area contributed by atoms with Gasteiger partial charge in [-0.1, -0.05) is 53.7 Å². The van der Waals surface area contributed by atoms with Crippen molar-refractivity contribution in [3.05, 3.63) is 107 Å². The van der Waals surface area contributed by atoms with Gasteiger partial charge in [-0.05, 0) is 41.8 Å². The lowest BCUT2D eigenvalue weighted by atomic mass is 9.98. The smallest absolute Gasteiger partial charge is 0.394 e. The predicted octanol–water partition coefficient (Wildman–Crippen LogP) is 6.72. The van der Waals surface area contributed by atoms with Crippen LogP contribution in [0, 0.1) is 0 Å². The minimum Gasteiger partial charge on any atom is -0.394 e. The molecule has 1 atom stereocenters. The number of benzene rings is 3. The second kappa shape index (κ2) is 15.9. The number of morpholine rings is 1. The summed E-state index contributed by atoms with van der Waals surface area (Å²) < 4.78 is 87.6. The van der Waals surface area contributed by atoms with Crippen LogP contribution < -0.4 is 0 Å². The number of halogens is 6. The first-order valence-corrected chi connectivity index (χ1v) is 16.9. The third kappa shape index (κ3) is 9.29. The summed E-state index contributed by atoms with van der Waals surface area (Å²) in [7, 11) is 0. The monoisotopic (exact) mass is 715 g/mol.